The van der Waals surface area contributed by atoms with Crippen molar-refractivity contribution >= 4 is 17.6 Å². The summed E-state index contributed by atoms with van der Waals surface area (Å²) < 4.78 is 0. The average molecular weight is 192 g/mol. The van der Waals surface area contributed by atoms with E-state index in [0.29, 0.717) is 0 Å². The van der Waals surface area contributed by atoms with Gasteiger partial charge in [-0.3, -0.25) is 0 Å². The third kappa shape index (κ3) is 1.46. The van der Waals surface area contributed by atoms with Crippen LogP contribution in [0.25, 0.3) is 0 Å². The van der Waals surface area contributed by atoms with Crippen molar-refractivity contribution in [1.82, 2.24) is 0 Å². The van der Waals surface area contributed by atoms with E-state index in [1.54, 1.807) is 11.3 Å². The highest BCUT2D eigenvalue weighted by molar-refractivity contribution is 7.08. The molecule has 1 unspecified atom stereocenters. The van der Waals surface area contributed by atoms with Crippen LogP contribution in [0.3, 0.4) is 0 Å². The normalized spacial score (nSPS) is 27.4. The van der Waals surface area contributed by atoms with Crippen LogP contribution in [0.15, 0.2) is 29.0 Å². The van der Waals surface area contributed by atoms with Gasteiger partial charge in [0.15, 0.2) is 0 Å². The first-order valence-corrected chi connectivity index (χ1v) is 5.48. The summed E-state index contributed by atoms with van der Waals surface area (Å²) in [5.41, 5.74) is 0.849. The van der Waals surface area contributed by atoms with Crippen molar-refractivity contribution in [2.75, 3.05) is 0 Å². The third-order valence-corrected chi connectivity index (χ3v) is 3.33. The quantitative estimate of drug-likeness (QED) is 0.520. The monoisotopic (exact) mass is 192 g/mol. The summed E-state index contributed by atoms with van der Waals surface area (Å²) in [7, 11) is 0. The lowest BCUT2D eigenvalue weighted by Crippen LogP contribution is -2.26. The van der Waals surface area contributed by atoms with Gasteiger partial charge >= 0.3 is 0 Å². The maximum Gasteiger partial charge on any atom is 0.134 e. The Morgan fingerprint density at radius 1 is 1.54 bits per heavy atom. The first kappa shape index (κ1) is 8.70. The van der Waals surface area contributed by atoms with Crippen molar-refractivity contribution in [2.45, 2.75) is 24.7 Å². The van der Waals surface area contributed by atoms with E-state index in [4.69, 9.17) is 0 Å². The van der Waals surface area contributed by atoms with E-state index >= 15 is 0 Å². The van der Waals surface area contributed by atoms with Crippen LogP contribution in [-0.4, -0.2) is 6.29 Å². The summed E-state index contributed by atoms with van der Waals surface area (Å²) in [5, 5.41) is 4.10. The standard InChI is InChI=1S/C11H12OS/c12-9-11(5-2-1-3-6-11)10-4-7-13-8-10/h2,4-5,7-9H,1,3,6H2. The highest BCUT2D eigenvalue weighted by Gasteiger charge is 2.30. The molecular formula is C11H12OS. The number of allylic oxidation sites excluding steroid dienone is 2. The molecule has 0 saturated carbocycles. The van der Waals surface area contributed by atoms with E-state index in [1.807, 2.05) is 5.38 Å². The molecule has 0 saturated heterocycles. The highest BCUT2D eigenvalue weighted by Crippen LogP contribution is 2.34. The van der Waals surface area contributed by atoms with Crippen LogP contribution < -0.4 is 0 Å². The van der Waals surface area contributed by atoms with E-state index in [-0.39, 0.29) is 5.41 Å². The topological polar surface area (TPSA) is 17.1 Å². The number of carbonyl (C=O) groups is 1. The second-order valence-corrected chi connectivity index (χ2v) is 4.24. The minimum absolute atomic E-state index is 0.307. The van der Waals surface area contributed by atoms with Crippen molar-refractivity contribution in [3.05, 3.63) is 34.5 Å². The van der Waals surface area contributed by atoms with Gasteiger partial charge in [-0.15, -0.1) is 0 Å². The van der Waals surface area contributed by atoms with E-state index in [1.165, 1.54) is 0 Å². The molecule has 1 aromatic heterocycles. The fourth-order valence-electron chi connectivity index (χ4n) is 1.83. The van der Waals surface area contributed by atoms with Crippen LogP contribution >= 0.6 is 11.3 Å². The fraction of sp³-hybridized carbons (Fsp3) is 0.364. The van der Waals surface area contributed by atoms with Crippen LogP contribution in [0.5, 0.6) is 0 Å². The van der Waals surface area contributed by atoms with Gasteiger partial charge in [-0.1, -0.05) is 12.2 Å². The second-order valence-electron chi connectivity index (χ2n) is 3.46. The number of aldehydes is 1. The van der Waals surface area contributed by atoms with Crippen molar-refractivity contribution in [3.63, 3.8) is 0 Å². The molecule has 2 heteroatoms. The third-order valence-electron chi connectivity index (χ3n) is 2.65. The summed E-state index contributed by atoms with van der Waals surface area (Å²) in [4.78, 5) is 11.1. The Hall–Kier alpha value is -0.890. The van der Waals surface area contributed by atoms with Crippen LogP contribution in [0.1, 0.15) is 24.8 Å². The number of hydrogen-bond donors (Lipinski definition) is 0. The lowest BCUT2D eigenvalue weighted by molar-refractivity contribution is -0.111. The van der Waals surface area contributed by atoms with Gasteiger partial charge in [0.25, 0.3) is 0 Å². The van der Waals surface area contributed by atoms with Gasteiger partial charge in [0.2, 0.25) is 0 Å². The predicted octanol–water partition coefficient (Wildman–Crippen LogP) is 2.92. The van der Waals surface area contributed by atoms with Gasteiger partial charge in [0, 0.05) is 0 Å². The molecule has 0 fully saturated rings. The molecule has 0 aliphatic heterocycles. The summed E-state index contributed by atoms with van der Waals surface area (Å²) in [6.45, 7) is 0. The van der Waals surface area contributed by atoms with Crippen molar-refractivity contribution in [1.29, 1.82) is 0 Å². The zero-order valence-electron chi connectivity index (χ0n) is 7.40. The van der Waals surface area contributed by atoms with E-state index in [9.17, 15) is 4.79 Å². The van der Waals surface area contributed by atoms with E-state index in [2.05, 4.69) is 23.6 Å². The maximum atomic E-state index is 11.1. The predicted molar refractivity (Wildman–Crippen MR) is 55.1 cm³/mol. The largest absolute Gasteiger partial charge is 0.302 e. The number of thiophene rings is 1. The Morgan fingerprint density at radius 2 is 2.46 bits per heavy atom. The van der Waals surface area contributed by atoms with E-state index < -0.39 is 0 Å². The molecule has 0 radical (unpaired) electrons. The molecule has 0 aromatic carbocycles. The lowest BCUT2D eigenvalue weighted by Gasteiger charge is -2.26. The Bertz CT molecular complexity index is 313. The molecule has 1 aliphatic carbocycles. The summed E-state index contributed by atoms with van der Waals surface area (Å²) >= 11 is 1.65. The Kier molecular flexibility index (Phi) is 2.32. The smallest absolute Gasteiger partial charge is 0.134 e. The molecule has 1 nitrogen and oxygen atoms in total. The number of rotatable bonds is 2. The summed E-state index contributed by atoms with van der Waals surface area (Å²) in [5.74, 6) is 0. The minimum Gasteiger partial charge on any atom is -0.302 e. The number of hydrogen-bond acceptors (Lipinski definition) is 2. The lowest BCUT2D eigenvalue weighted by atomic mass is 9.76. The Labute approximate surface area is 82.1 Å². The molecule has 0 spiro atoms. The zero-order chi connectivity index (χ0) is 9.15. The van der Waals surface area contributed by atoms with Gasteiger partial charge in [-0.05, 0) is 41.7 Å². The molecule has 0 bridgehead atoms. The highest BCUT2D eigenvalue weighted by atomic mass is 32.1. The van der Waals surface area contributed by atoms with Crippen LogP contribution in [0.2, 0.25) is 0 Å². The van der Waals surface area contributed by atoms with Gasteiger partial charge in [0.1, 0.15) is 6.29 Å². The molecule has 1 aliphatic rings. The molecule has 68 valence electrons. The zero-order valence-corrected chi connectivity index (χ0v) is 8.22. The van der Waals surface area contributed by atoms with Crippen LogP contribution in [0.4, 0.5) is 0 Å². The van der Waals surface area contributed by atoms with Gasteiger partial charge in [0.05, 0.1) is 5.41 Å². The first-order chi connectivity index (χ1) is 6.37. The summed E-state index contributed by atoms with van der Waals surface area (Å²) in [6, 6.07) is 2.05. The van der Waals surface area contributed by atoms with Gasteiger partial charge in [-0.2, -0.15) is 11.3 Å². The van der Waals surface area contributed by atoms with E-state index in [0.717, 1.165) is 31.1 Å². The molecule has 1 atom stereocenters. The Balaban J connectivity index is 2.40. The molecule has 1 heterocycles. The molecule has 1 aromatic rings. The van der Waals surface area contributed by atoms with Crippen molar-refractivity contribution < 1.29 is 4.79 Å². The van der Waals surface area contributed by atoms with Crippen molar-refractivity contribution in [3.8, 4) is 0 Å². The SMILES string of the molecule is O=CC1(c2ccsc2)C=CCCC1. The van der Waals surface area contributed by atoms with Gasteiger partial charge in [-0.25, -0.2) is 0 Å². The number of carbonyl (C=O) groups excluding carboxylic acids is 1. The minimum atomic E-state index is -0.307. The van der Waals surface area contributed by atoms with Crippen LogP contribution in [0, 0.1) is 0 Å². The molecule has 0 N–H and O–H groups in total. The molecule has 2 rings (SSSR count). The fourth-order valence-corrected chi connectivity index (χ4v) is 2.57. The Morgan fingerprint density at radius 3 is 3.00 bits per heavy atom. The van der Waals surface area contributed by atoms with Crippen molar-refractivity contribution in [2.24, 2.45) is 0 Å². The average Bonchev–Trinajstić information content (AvgIpc) is 2.72. The molecule has 13 heavy (non-hydrogen) atoms. The first-order valence-electron chi connectivity index (χ1n) is 4.54. The second kappa shape index (κ2) is 3.46. The molecule has 0 amide bonds. The molecular weight excluding hydrogens is 180 g/mol. The maximum absolute atomic E-state index is 11.1. The van der Waals surface area contributed by atoms with Gasteiger partial charge < -0.3 is 4.79 Å². The van der Waals surface area contributed by atoms with Crippen LogP contribution in [-0.2, 0) is 10.2 Å². The summed E-state index contributed by atoms with van der Waals surface area (Å²) in [6.07, 6.45) is 8.46.